The minimum absolute atomic E-state index is 0. The van der Waals surface area contributed by atoms with Crippen LogP contribution in [0.2, 0.25) is 15.1 Å². The van der Waals surface area contributed by atoms with Gasteiger partial charge in [0.25, 0.3) is 5.91 Å². The van der Waals surface area contributed by atoms with Crippen LogP contribution in [0, 0.1) is 5.82 Å². The molecule has 164 valence electrons. The number of nitrogens with one attached hydrogen (secondary N) is 2. The third-order valence-electron chi connectivity index (χ3n) is 4.40. The number of rotatable bonds is 5. The molecule has 0 bridgehead atoms. The molecule has 0 aliphatic carbocycles. The highest BCUT2D eigenvalue weighted by atomic mass is 35.5. The minimum Gasteiger partial charge on any atom is -0.299 e. The number of carbonyl (C=O) groups excluding carboxylic acids is 1. The first-order valence-electron chi connectivity index (χ1n) is 9.04. The number of anilines is 1. The van der Waals surface area contributed by atoms with Crippen LogP contribution >= 0.6 is 47.2 Å². The van der Waals surface area contributed by atoms with Gasteiger partial charge >= 0.3 is 0 Å². The van der Waals surface area contributed by atoms with Gasteiger partial charge in [-0.3, -0.25) is 20.2 Å². The van der Waals surface area contributed by atoms with E-state index in [-0.39, 0.29) is 23.9 Å². The van der Waals surface area contributed by atoms with Crippen LogP contribution in [-0.4, -0.2) is 15.5 Å². The van der Waals surface area contributed by atoms with Crippen LogP contribution in [0.3, 0.4) is 0 Å². The van der Waals surface area contributed by atoms with Crippen LogP contribution in [0.1, 0.15) is 10.5 Å². The summed E-state index contributed by atoms with van der Waals surface area (Å²) in [5.41, 5.74) is 7.16. The van der Waals surface area contributed by atoms with Crippen LogP contribution in [0.25, 0.3) is 17.1 Å². The monoisotopic (exact) mass is 510 g/mol. The second-order valence-corrected chi connectivity index (χ2v) is 7.73. The lowest BCUT2D eigenvalue weighted by molar-refractivity contribution is 0.0958. The van der Waals surface area contributed by atoms with E-state index in [2.05, 4.69) is 15.8 Å². The van der Waals surface area contributed by atoms with Gasteiger partial charge in [0.1, 0.15) is 17.3 Å². The number of imidazole rings is 1. The quantitative estimate of drug-likeness (QED) is 0.289. The molecule has 0 aliphatic heterocycles. The normalized spacial score (nSPS) is 10.4. The summed E-state index contributed by atoms with van der Waals surface area (Å²) in [5.74, 6) is -0.472. The molecule has 4 aromatic rings. The molecule has 0 fully saturated rings. The molecule has 1 amide bonds. The second-order valence-electron chi connectivity index (χ2n) is 6.48. The Morgan fingerprint density at radius 1 is 0.938 bits per heavy atom. The van der Waals surface area contributed by atoms with Gasteiger partial charge in [0.2, 0.25) is 0 Å². The summed E-state index contributed by atoms with van der Waals surface area (Å²) in [5, 5.41) is 1.28. The number of hydrogen-bond acceptors (Lipinski definition) is 3. The summed E-state index contributed by atoms with van der Waals surface area (Å²) in [6.07, 6.45) is 1.54. The van der Waals surface area contributed by atoms with Crippen LogP contribution in [0.15, 0.2) is 72.9 Å². The van der Waals surface area contributed by atoms with Gasteiger partial charge in [0.05, 0.1) is 15.7 Å². The molecule has 0 radical (unpaired) electrons. The number of halogens is 5. The molecule has 1 aromatic heterocycles. The van der Waals surface area contributed by atoms with Gasteiger partial charge in [-0.25, -0.2) is 9.37 Å². The smallest absolute Gasteiger partial charge is 0.289 e. The largest absolute Gasteiger partial charge is 0.299 e. The first-order valence-corrected chi connectivity index (χ1v) is 10.2. The fourth-order valence-corrected chi connectivity index (χ4v) is 3.58. The highest BCUT2D eigenvalue weighted by Crippen LogP contribution is 2.31. The Labute approximate surface area is 204 Å². The van der Waals surface area contributed by atoms with E-state index in [0.29, 0.717) is 37.8 Å². The Morgan fingerprint density at radius 3 is 2.34 bits per heavy atom. The Hall–Kier alpha value is -2.77. The average Bonchev–Trinajstić information content (AvgIpc) is 3.19. The highest BCUT2D eigenvalue weighted by molar-refractivity contribution is 6.36. The van der Waals surface area contributed by atoms with Crippen LogP contribution < -0.4 is 10.9 Å². The van der Waals surface area contributed by atoms with Crippen molar-refractivity contribution in [2.24, 2.45) is 0 Å². The molecule has 2 N–H and O–H groups in total. The molecule has 3 aromatic carbocycles. The Balaban J connectivity index is 0.00000289. The number of benzene rings is 3. The van der Waals surface area contributed by atoms with Crippen LogP contribution in [-0.2, 0) is 0 Å². The molecule has 32 heavy (non-hydrogen) atoms. The van der Waals surface area contributed by atoms with Crippen molar-refractivity contribution < 1.29 is 9.18 Å². The van der Waals surface area contributed by atoms with Crippen LogP contribution in [0.4, 0.5) is 10.1 Å². The van der Waals surface area contributed by atoms with E-state index in [1.807, 2.05) is 0 Å². The summed E-state index contributed by atoms with van der Waals surface area (Å²) in [6.45, 7) is 0. The number of carbonyl (C=O) groups is 1. The maximum absolute atomic E-state index is 13.4. The van der Waals surface area contributed by atoms with Crippen molar-refractivity contribution in [1.82, 2.24) is 15.0 Å². The van der Waals surface area contributed by atoms with E-state index in [1.165, 1.54) is 18.3 Å². The topological polar surface area (TPSA) is 59.0 Å². The maximum Gasteiger partial charge on any atom is 0.289 e. The molecular weight excluding hydrogens is 497 g/mol. The molecule has 0 saturated heterocycles. The minimum atomic E-state index is -0.493. The van der Waals surface area contributed by atoms with Gasteiger partial charge < -0.3 is 0 Å². The summed E-state index contributed by atoms with van der Waals surface area (Å²) in [4.78, 5) is 17.2. The molecule has 0 spiro atoms. The molecule has 0 atom stereocenters. The van der Waals surface area contributed by atoms with Crippen LogP contribution in [0.5, 0.6) is 0 Å². The molecule has 0 saturated carbocycles. The van der Waals surface area contributed by atoms with E-state index in [4.69, 9.17) is 34.8 Å². The molecule has 0 aliphatic rings. The summed E-state index contributed by atoms with van der Waals surface area (Å²) in [7, 11) is 0. The molecule has 4 rings (SSSR count). The molecule has 0 unspecified atom stereocenters. The van der Waals surface area contributed by atoms with Crippen molar-refractivity contribution in [3.63, 3.8) is 0 Å². The van der Waals surface area contributed by atoms with Gasteiger partial charge in [0, 0.05) is 22.5 Å². The first-order chi connectivity index (χ1) is 14.9. The number of amides is 1. The van der Waals surface area contributed by atoms with Gasteiger partial charge in [-0.05, 0) is 54.6 Å². The fraction of sp³-hybridized carbons (Fsp3) is 0. The fourth-order valence-electron chi connectivity index (χ4n) is 2.90. The number of aromatic nitrogens is 2. The predicted molar refractivity (Wildman–Crippen MR) is 129 cm³/mol. The van der Waals surface area contributed by atoms with E-state index < -0.39 is 5.91 Å². The average molecular weight is 512 g/mol. The lowest BCUT2D eigenvalue weighted by Crippen LogP contribution is -2.29. The van der Waals surface area contributed by atoms with Gasteiger partial charge in [0.15, 0.2) is 0 Å². The SMILES string of the molecule is Cl.O=C(NNc1ccccc1Cl)c1cn(-c2ccc(F)cc2)c(-c2ccc(Cl)cc2Cl)n1. The van der Waals surface area contributed by atoms with Crippen molar-refractivity contribution in [2.45, 2.75) is 0 Å². The van der Waals surface area contributed by atoms with Crippen molar-refractivity contribution in [1.29, 1.82) is 0 Å². The summed E-state index contributed by atoms with van der Waals surface area (Å²) < 4.78 is 15.1. The van der Waals surface area contributed by atoms with Gasteiger partial charge in [-0.15, -0.1) is 12.4 Å². The van der Waals surface area contributed by atoms with Crippen molar-refractivity contribution >= 4 is 58.8 Å². The van der Waals surface area contributed by atoms with E-state index in [9.17, 15) is 9.18 Å². The summed E-state index contributed by atoms with van der Waals surface area (Å²) >= 11 is 18.5. The standard InChI is InChI=1S/C22H14Cl3FN4O.ClH/c23-13-5-10-16(18(25)11-13)21-27-20(12-30(21)15-8-6-14(26)7-9-15)22(31)29-28-19-4-2-1-3-17(19)24;/h1-12,28H,(H,29,31);1H. The maximum atomic E-state index is 13.4. The molecule has 5 nitrogen and oxygen atoms in total. The predicted octanol–water partition coefficient (Wildman–Crippen LogP) is 6.82. The molecular formula is C22H15Cl4FN4O. The van der Waals surface area contributed by atoms with Gasteiger partial charge in [-0.1, -0.05) is 46.9 Å². The zero-order valence-corrected chi connectivity index (χ0v) is 19.2. The van der Waals surface area contributed by atoms with Crippen molar-refractivity contribution in [3.05, 3.63) is 99.5 Å². The van der Waals surface area contributed by atoms with Gasteiger partial charge in [-0.2, -0.15) is 0 Å². The van der Waals surface area contributed by atoms with Crippen molar-refractivity contribution in [2.75, 3.05) is 5.43 Å². The lowest BCUT2D eigenvalue weighted by atomic mass is 10.2. The number of hydrogen-bond donors (Lipinski definition) is 2. The van der Waals surface area contributed by atoms with Crippen molar-refractivity contribution in [3.8, 4) is 17.1 Å². The Bertz CT molecular complexity index is 1260. The van der Waals surface area contributed by atoms with E-state index in [1.54, 1.807) is 59.2 Å². The number of hydrazine groups is 1. The Morgan fingerprint density at radius 2 is 1.66 bits per heavy atom. The second kappa shape index (κ2) is 10.2. The molecule has 10 heteroatoms. The lowest BCUT2D eigenvalue weighted by Gasteiger charge is -2.09. The van der Waals surface area contributed by atoms with E-state index >= 15 is 0 Å². The number of para-hydroxylation sites is 1. The third kappa shape index (κ3) is 5.16. The first kappa shape index (κ1) is 23.9. The number of nitrogens with zero attached hydrogens (tertiary/aromatic N) is 2. The summed E-state index contributed by atoms with van der Waals surface area (Å²) in [6, 6.07) is 17.7. The Kier molecular flexibility index (Phi) is 7.64. The highest BCUT2D eigenvalue weighted by Gasteiger charge is 2.19. The van der Waals surface area contributed by atoms with E-state index in [0.717, 1.165) is 0 Å². The zero-order chi connectivity index (χ0) is 22.0. The third-order valence-corrected chi connectivity index (χ3v) is 5.28. The zero-order valence-electron chi connectivity index (χ0n) is 16.2. The molecule has 1 heterocycles.